The minimum Gasteiger partial charge on any atom is -0.423 e. The maximum Gasteiger partial charge on any atom is 0.247 e. The molecule has 4 aromatic rings. The lowest BCUT2D eigenvalue weighted by molar-refractivity contribution is -0.132. The fourth-order valence-electron chi connectivity index (χ4n) is 4.31. The van der Waals surface area contributed by atoms with Gasteiger partial charge in [-0.15, -0.1) is 10.2 Å². The Balaban J connectivity index is 1.50. The third-order valence-corrected chi connectivity index (χ3v) is 6.09. The number of aromatic nitrogens is 5. The largest absolute Gasteiger partial charge is 0.423 e. The normalized spacial score (nSPS) is 18.0. The summed E-state index contributed by atoms with van der Waals surface area (Å²) in [7, 11) is 0. The first-order valence-corrected chi connectivity index (χ1v) is 11.3. The van der Waals surface area contributed by atoms with Crippen LogP contribution in [0.25, 0.3) is 22.7 Å². The highest BCUT2D eigenvalue weighted by Crippen LogP contribution is 2.31. The quantitative estimate of drug-likeness (QED) is 0.470. The number of anilines is 2. The second-order valence-corrected chi connectivity index (χ2v) is 8.48. The summed E-state index contributed by atoms with van der Waals surface area (Å²) >= 11 is 0. The molecule has 2 atom stereocenters. The monoisotopic (exact) mass is 455 g/mol. The molecule has 4 heterocycles. The third kappa shape index (κ3) is 4.63. The zero-order valence-corrected chi connectivity index (χ0v) is 19.0. The summed E-state index contributed by atoms with van der Waals surface area (Å²) < 4.78 is 5.32. The van der Waals surface area contributed by atoms with Crippen molar-refractivity contribution in [1.29, 1.82) is 0 Å². The molecule has 0 spiro atoms. The maximum atomic E-state index is 12.2. The van der Waals surface area contributed by atoms with E-state index in [1.165, 1.54) is 6.39 Å². The molecule has 0 bridgehead atoms. The number of rotatable bonds is 5. The molecule has 34 heavy (non-hydrogen) atoms. The first-order chi connectivity index (χ1) is 16.6. The van der Waals surface area contributed by atoms with Gasteiger partial charge in [-0.3, -0.25) is 9.78 Å². The van der Waals surface area contributed by atoms with Crippen LogP contribution >= 0.6 is 0 Å². The van der Waals surface area contributed by atoms with E-state index >= 15 is 0 Å². The number of amides is 1. The second-order valence-electron chi connectivity index (χ2n) is 8.48. The fraction of sp³-hybridized carbons (Fsp3) is 0.280. The molecular weight excluding hydrogens is 430 g/mol. The summed E-state index contributed by atoms with van der Waals surface area (Å²) in [6.07, 6.45) is 6.67. The summed E-state index contributed by atoms with van der Waals surface area (Å²) in [6.45, 7) is 4.32. The van der Waals surface area contributed by atoms with Crippen molar-refractivity contribution >= 4 is 17.4 Å². The van der Waals surface area contributed by atoms with Crippen LogP contribution < -0.4 is 5.32 Å². The Labute approximate surface area is 197 Å². The number of hydrogen-bond donors (Lipinski definition) is 1. The number of benzene rings is 1. The summed E-state index contributed by atoms with van der Waals surface area (Å²) in [5, 5.41) is 11.1. The van der Waals surface area contributed by atoms with E-state index in [4.69, 9.17) is 14.4 Å². The van der Waals surface area contributed by atoms with Gasteiger partial charge in [0.1, 0.15) is 11.6 Å². The molecular formula is C25H25N7O2. The summed E-state index contributed by atoms with van der Waals surface area (Å²) in [6, 6.07) is 13.7. The van der Waals surface area contributed by atoms with Gasteiger partial charge in [-0.2, -0.15) is 0 Å². The van der Waals surface area contributed by atoms with Crippen LogP contribution in [0.3, 0.4) is 0 Å². The lowest BCUT2D eigenvalue weighted by Gasteiger charge is -2.37. The Morgan fingerprint density at radius 2 is 2.00 bits per heavy atom. The minimum absolute atomic E-state index is 0.0574. The van der Waals surface area contributed by atoms with Crippen LogP contribution in [-0.4, -0.2) is 48.5 Å². The van der Waals surface area contributed by atoms with Gasteiger partial charge in [-0.1, -0.05) is 6.07 Å². The highest BCUT2D eigenvalue weighted by Gasteiger charge is 2.30. The summed E-state index contributed by atoms with van der Waals surface area (Å²) in [5.74, 6) is 1.97. The smallest absolute Gasteiger partial charge is 0.247 e. The zero-order chi connectivity index (χ0) is 23.5. The van der Waals surface area contributed by atoms with Gasteiger partial charge >= 0.3 is 0 Å². The van der Waals surface area contributed by atoms with Crippen LogP contribution in [0.5, 0.6) is 0 Å². The Hall–Kier alpha value is -4.14. The van der Waals surface area contributed by atoms with Crippen molar-refractivity contribution in [2.24, 2.45) is 0 Å². The van der Waals surface area contributed by atoms with Crippen LogP contribution in [-0.2, 0) is 4.79 Å². The molecule has 0 radical (unpaired) electrons. The third-order valence-electron chi connectivity index (χ3n) is 6.09. The van der Waals surface area contributed by atoms with Gasteiger partial charge in [-0.25, -0.2) is 9.97 Å². The molecule has 1 aromatic carbocycles. The number of pyridine rings is 1. The molecule has 9 heteroatoms. The number of nitrogens with zero attached hydrogens (tertiary/aromatic N) is 6. The number of carbonyl (C=O) groups excluding carboxylic acids is 1. The average molecular weight is 456 g/mol. The van der Waals surface area contributed by atoms with Crippen LogP contribution in [0.1, 0.15) is 38.4 Å². The number of likely N-dealkylation sites (tertiary alicyclic amines) is 1. The number of hydrogen-bond acceptors (Lipinski definition) is 8. The molecule has 5 rings (SSSR count). The van der Waals surface area contributed by atoms with Crippen molar-refractivity contribution in [3.63, 3.8) is 0 Å². The van der Waals surface area contributed by atoms with E-state index in [1.54, 1.807) is 19.3 Å². The summed E-state index contributed by atoms with van der Waals surface area (Å²) in [4.78, 5) is 28.1. The number of piperidine rings is 1. The Kier molecular flexibility index (Phi) is 5.99. The van der Waals surface area contributed by atoms with Crippen molar-refractivity contribution in [3.05, 3.63) is 67.1 Å². The van der Waals surface area contributed by atoms with Crippen molar-refractivity contribution in [2.45, 2.75) is 38.6 Å². The number of carbonyl (C=O) groups is 1. The first kappa shape index (κ1) is 21.7. The van der Waals surface area contributed by atoms with E-state index in [0.717, 1.165) is 41.2 Å². The van der Waals surface area contributed by atoms with Crippen LogP contribution in [0, 0.1) is 0 Å². The van der Waals surface area contributed by atoms with Crippen LogP contribution in [0.2, 0.25) is 0 Å². The molecule has 9 nitrogen and oxygen atoms in total. The fourth-order valence-corrected chi connectivity index (χ4v) is 4.31. The Bertz CT molecular complexity index is 1280. The SMILES string of the molecule is CC(=O)N1C[C@H](c2nc(Nc3cccc(-c4nnco4)c3)cc(-c3cccnc3)n2)CC[C@@H]1C. The molecule has 1 fully saturated rings. The molecule has 0 aliphatic carbocycles. The predicted octanol–water partition coefficient (Wildman–Crippen LogP) is 4.45. The van der Waals surface area contributed by atoms with E-state index in [0.29, 0.717) is 18.3 Å². The van der Waals surface area contributed by atoms with Crippen molar-refractivity contribution in [3.8, 4) is 22.7 Å². The molecule has 0 unspecified atom stereocenters. The molecule has 1 amide bonds. The minimum atomic E-state index is 0.0574. The standard InChI is InChI=1S/C25H25N7O2/c1-16-8-9-20(14-32(16)17(2)33)24-29-22(19-6-4-10-26-13-19)12-23(30-24)28-21-7-3-5-18(11-21)25-31-27-15-34-25/h3-7,10-13,15-16,20H,8-9,14H2,1-2H3,(H,28,29,30)/t16-,20+/m0/s1. The maximum absolute atomic E-state index is 12.2. The molecule has 1 aliphatic rings. The average Bonchev–Trinajstić information content (AvgIpc) is 3.40. The highest BCUT2D eigenvalue weighted by molar-refractivity contribution is 5.74. The lowest BCUT2D eigenvalue weighted by Crippen LogP contribution is -2.44. The van der Waals surface area contributed by atoms with Crippen molar-refractivity contribution in [2.75, 3.05) is 11.9 Å². The van der Waals surface area contributed by atoms with Gasteiger partial charge < -0.3 is 14.6 Å². The molecule has 172 valence electrons. The topological polar surface area (TPSA) is 110 Å². The lowest BCUT2D eigenvalue weighted by atomic mass is 9.92. The highest BCUT2D eigenvalue weighted by atomic mass is 16.4. The molecule has 3 aromatic heterocycles. The van der Waals surface area contributed by atoms with E-state index in [9.17, 15) is 4.79 Å². The van der Waals surface area contributed by atoms with Crippen LogP contribution in [0.4, 0.5) is 11.5 Å². The molecule has 1 saturated heterocycles. The van der Waals surface area contributed by atoms with E-state index in [2.05, 4.69) is 27.4 Å². The van der Waals surface area contributed by atoms with Crippen molar-refractivity contribution in [1.82, 2.24) is 30.0 Å². The molecule has 1 N–H and O–H groups in total. The van der Waals surface area contributed by atoms with Gasteiger partial charge in [0.15, 0.2) is 0 Å². The van der Waals surface area contributed by atoms with Gasteiger partial charge in [0.05, 0.1) is 5.69 Å². The van der Waals surface area contributed by atoms with E-state index in [-0.39, 0.29) is 17.9 Å². The Morgan fingerprint density at radius 1 is 1.12 bits per heavy atom. The Morgan fingerprint density at radius 3 is 2.76 bits per heavy atom. The van der Waals surface area contributed by atoms with Gasteiger partial charge in [0.2, 0.25) is 18.2 Å². The first-order valence-electron chi connectivity index (χ1n) is 11.3. The second kappa shape index (κ2) is 9.38. The van der Waals surface area contributed by atoms with E-state index < -0.39 is 0 Å². The molecule has 0 saturated carbocycles. The van der Waals surface area contributed by atoms with Crippen LogP contribution in [0.15, 0.2) is 65.7 Å². The van der Waals surface area contributed by atoms with Gasteiger partial charge in [0, 0.05) is 60.7 Å². The van der Waals surface area contributed by atoms with Gasteiger partial charge in [-0.05, 0) is 50.1 Å². The zero-order valence-electron chi connectivity index (χ0n) is 19.0. The van der Waals surface area contributed by atoms with E-state index in [1.807, 2.05) is 47.4 Å². The van der Waals surface area contributed by atoms with Crippen molar-refractivity contribution < 1.29 is 9.21 Å². The molecule has 1 aliphatic heterocycles. The van der Waals surface area contributed by atoms with Gasteiger partial charge in [0.25, 0.3) is 0 Å². The predicted molar refractivity (Wildman–Crippen MR) is 127 cm³/mol. The summed E-state index contributed by atoms with van der Waals surface area (Å²) in [5.41, 5.74) is 3.32. The number of nitrogens with one attached hydrogen (secondary N) is 1.